The number of imidazole rings is 1. The Morgan fingerprint density at radius 2 is 1.95 bits per heavy atom. The fourth-order valence-electron chi connectivity index (χ4n) is 4.51. The van der Waals surface area contributed by atoms with Crippen LogP contribution in [0.3, 0.4) is 0 Å². The molecule has 10 nitrogen and oxygen atoms in total. The maximum absolute atomic E-state index is 12.1. The van der Waals surface area contributed by atoms with Gasteiger partial charge in [0.15, 0.2) is 0 Å². The second-order valence-corrected chi connectivity index (χ2v) is 10.1. The lowest BCUT2D eigenvalue weighted by molar-refractivity contribution is 0.0336. The van der Waals surface area contributed by atoms with Gasteiger partial charge in [-0.05, 0) is 62.2 Å². The number of rotatable bonds is 7. The number of aromatic nitrogens is 4. The number of fused-ring (bicyclic) bond motifs is 1. The van der Waals surface area contributed by atoms with Gasteiger partial charge in [-0.3, -0.25) is 20.2 Å². The number of pyridine rings is 2. The third-order valence-electron chi connectivity index (χ3n) is 6.58. The molecule has 5 N–H and O–H groups in total. The molecule has 3 aromatic heterocycles. The molecule has 1 aliphatic heterocycles. The van der Waals surface area contributed by atoms with Crippen molar-refractivity contribution in [2.75, 3.05) is 38.2 Å². The lowest BCUT2D eigenvalue weighted by atomic mass is 9.94. The highest BCUT2D eigenvalue weighted by Gasteiger charge is 2.19. The van der Waals surface area contributed by atoms with Crippen LogP contribution in [0.4, 0.5) is 10.7 Å². The molecule has 0 unspecified atom stereocenters. The summed E-state index contributed by atoms with van der Waals surface area (Å²) in [4.78, 5) is 31.8. The second kappa shape index (κ2) is 10.9. The second-order valence-electron chi connectivity index (χ2n) is 10.1. The smallest absolute Gasteiger partial charge is 0.321 e. The van der Waals surface area contributed by atoms with E-state index in [9.17, 15) is 4.79 Å². The van der Waals surface area contributed by atoms with Crippen molar-refractivity contribution in [1.82, 2.24) is 30.2 Å². The van der Waals surface area contributed by atoms with E-state index in [1.807, 2.05) is 45.2 Å². The average molecular weight is 515 g/mol. The minimum absolute atomic E-state index is 0.321. The Bertz CT molecular complexity index is 1420. The number of morpholine rings is 1. The Labute approximate surface area is 222 Å². The molecule has 4 aromatic rings. The van der Waals surface area contributed by atoms with Crippen molar-refractivity contribution in [3.8, 4) is 22.4 Å². The summed E-state index contributed by atoms with van der Waals surface area (Å²) in [6.45, 7) is 10.5. The summed E-state index contributed by atoms with van der Waals surface area (Å²) in [6, 6.07) is 11.8. The number of urea groups is 1. The fourth-order valence-corrected chi connectivity index (χ4v) is 4.51. The largest absolute Gasteiger partial charge is 0.379 e. The van der Waals surface area contributed by atoms with Gasteiger partial charge in [0, 0.05) is 55.2 Å². The van der Waals surface area contributed by atoms with Crippen molar-refractivity contribution in [1.29, 1.82) is 0 Å². The number of benzene rings is 1. The van der Waals surface area contributed by atoms with Crippen LogP contribution in [-0.4, -0.2) is 63.7 Å². The number of H-pyrrole nitrogens is 1. The van der Waals surface area contributed by atoms with E-state index in [1.54, 1.807) is 6.20 Å². The number of carbonyl (C=O) groups excluding carboxylic acids is 1. The molecule has 38 heavy (non-hydrogen) atoms. The van der Waals surface area contributed by atoms with E-state index in [1.165, 1.54) is 0 Å². The van der Waals surface area contributed by atoms with Crippen molar-refractivity contribution in [3.63, 3.8) is 0 Å². The van der Waals surface area contributed by atoms with Crippen LogP contribution in [0.15, 0.2) is 48.8 Å². The zero-order valence-corrected chi connectivity index (χ0v) is 22.0. The van der Waals surface area contributed by atoms with Crippen LogP contribution in [0.25, 0.3) is 33.4 Å². The summed E-state index contributed by atoms with van der Waals surface area (Å²) >= 11 is 0. The molecule has 0 radical (unpaired) electrons. The molecule has 0 spiro atoms. The minimum Gasteiger partial charge on any atom is -0.379 e. The third-order valence-corrected chi connectivity index (χ3v) is 6.58. The molecule has 0 saturated carbocycles. The standard InChI is InChI=1S/C28H34N8O2/c1-4-30-27(37)35-26-33-24-14-19(18-5-6-21(32-16-18)17-36-9-11-38-12-10-36)13-22(25(24)34-26)23-15-20(7-8-31-23)28(2,3)29/h5-8,13-16H,4,9-12,17,29H2,1-3H3,(H3,30,33,34,35,37). The number of nitrogens with one attached hydrogen (secondary N) is 3. The SMILES string of the molecule is CCNC(=O)Nc1nc2c(-c3cc(C(C)(C)N)ccn3)cc(-c3ccc(CN4CCOCC4)nc3)cc2[nH]1. The Balaban J connectivity index is 1.54. The quantitative estimate of drug-likeness (QED) is 0.294. The van der Waals surface area contributed by atoms with Crippen molar-refractivity contribution in [2.24, 2.45) is 5.73 Å². The van der Waals surface area contributed by atoms with Gasteiger partial charge in [-0.15, -0.1) is 0 Å². The van der Waals surface area contributed by atoms with Crippen LogP contribution in [0.2, 0.25) is 0 Å². The van der Waals surface area contributed by atoms with Crippen LogP contribution in [0.1, 0.15) is 32.0 Å². The van der Waals surface area contributed by atoms with Crippen LogP contribution in [0.5, 0.6) is 0 Å². The van der Waals surface area contributed by atoms with Gasteiger partial charge in [-0.25, -0.2) is 9.78 Å². The number of amides is 2. The van der Waals surface area contributed by atoms with Gasteiger partial charge in [0.05, 0.1) is 35.6 Å². The first-order valence-electron chi connectivity index (χ1n) is 12.9. The number of ether oxygens (including phenoxy) is 1. The number of anilines is 1. The zero-order chi connectivity index (χ0) is 26.7. The highest BCUT2D eigenvalue weighted by molar-refractivity contribution is 5.98. The van der Waals surface area contributed by atoms with Gasteiger partial charge < -0.3 is 20.8 Å². The summed E-state index contributed by atoms with van der Waals surface area (Å²) in [5.41, 5.74) is 12.9. The van der Waals surface area contributed by atoms with Crippen LogP contribution in [0, 0.1) is 0 Å². The number of carbonyl (C=O) groups is 1. The van der Waals surface area contributed by atoms with Gasteiger partial charge in [0.25, 0.3) is 0 Å². The predicted molar refractivity (Wildman–Crippen MR) is 149 cm³/mol. The van der Waals surface area contributed by atoms with Crippen molar-refractivity contribution < 1.29 is 9.53 Å². The van der Waals surface area contributed by atoms with Crippen LogP contribution >= 0.6 is 0 Å². The molecule has 1 aromatic carbocycles. The van der Waals surface area contributed by atoms with Gasteiger partial charge in [-0.1, -0.05) is 6.07 Å². The molecule has 4 heterocycles. The summed E-state index contributed by atoms with van der Waals surface area (Å²) in [7, 11) is 0. The number of nitrogens with two attached hydrogens (primary N) is 1. The first kappa shape index (κ1) is 25.8. The van der Waals surface area contributed by atoms with E-state index in [4.69, 9.17) is 15.5 Å². The Morgan fingerprint density at radius 3 is 2.66 bits per heavy atom. The normalized spacial score (nSPS) is 14.5. The Kier molecular flexibility index (Phi) is 7.37. The molecule has 0 aliphatic carbocycles. The van der Waals surface area contributed by atoms with E-state index in [2.05, 4.69) is 48.7 Å². The first-order valence-corrected chi connectivity index (χ1v) is 12.9. The van der Waals surface area contributed by atoms with E-state index in [0.29, 0.717) is 18.0 Å². The van der Waals surface area contributed by atoms with Crippen molar-refractivity contribution >= 4 is 23.0 Å². The molecule has 2 amide bonds. The summed E-state index contributed by atoms with van der Waals surface area (Å²) in [5, 5.41) is 5.49. The van der Waals surface area contributed by atoms with E-state index < -0.39 is 5.54 Å². The van der Waals surface area contributed by atoms with Crippen LogP contribution < -0.4 is 16.4 Å². The van der Waals surface area contributed by atoms with Crippen molar-refractivity contribution in [3.05, 3.63) is 60.0 Å². The molecule has 5 rings (SSSR count). The lowest BCUT2D eigenvalue weighted by Crippen LogP contribution is -2.35. The molecule has 0 atom stereocenters. The summed E-state index contributed by atoms with van der Waals surface area (Å²) in [5.74, 6) is 0.360. The molecule has 0 bridgehead atoms. The maximum Gasteiger partial charge on any atom is 0.321 e. The average Bonchev–Trinajstić information content (AvgIpc) is 3.31. The molecular formula is C28H34N8O2. The van der Waals surface area contributed by atoms with Gasteiger partial charge in [0.1, 0.15) is 0 Å². The van der Waals surface area contributed by atoms with E-state index >= 15 is 0 Å². The monoisotopic (exact) mass is 514 g/mol. The van der Waals surface area contributed by atoms with E-state index in [0.717, 1.165) is 72.0 Å². The van der Waals surface area contributed by atoms with Gasteiger partial charge in [0.2, 0.25) is 5.95 Å². The van der Waals surface area contributed by atoms with Gasteiger partial charge >= 0.3 is 6.03 Å². The number of aromatic amines is 1. The summed E-state index contributed by atoms with van der Waals surface area (Å²) in [6.07, 6.45) is 3.66. The Morgan fingerprint density at radius 1 is 1.13 bits per heavy atom. The highest BCUT2D eigenvalue weighted by atomic mass is 16.5. The predicted octanol–water partition coefficient (Wildman–Crippen LogP) is 3.85. The minimum atomic E-state index is -0.523. The van der Waals surface area contributed by atoms with Gasteiger partial charge in [-0.2, -0.15) is 0 Å². The molecule has 1 fully saturated rings. The molecule has 1 aliphatic rings. The molecule has 1 saturated heterocycles. The van der Waals surface area contributed by atoms with Crippen molar-refractivity contribution in [2.45, 2.75) is 32.9 Å². The molecule has 198 valence electrons. The fraction of sp³-hybridized carbons (Fsp3) is 0.357. The maximum atomic E-state index is 12.1. The zero-order valence-electron chi connectivity index (χ0n) is 22.0. The summed E-state index contributed by atoms with van der Waals surface area (Å²) < 4.78 is 5.45. The number of hydrogen-bond acceptors (Lipinski definition) is 7. The number of hydrogen-bond donors (Lipinski definition) is 4. The highest BCUT2D eigenvalue weighted by Crippen LogP contribution is 2.34. The molecular weight excluding hydrogens is 480 g/mol. The first-order chi connectivity index (χ1) is 18.3. The Hall–Kier alpha value is -3.86. The van der Waals surface area contributed by atoms with E-state index in [-0.39, 0.29) is 6.03 Å². The number of nitrogens with zero attached hydrogens (tertiary/aromatic N) is 4. The lowest BCUT2D eigenvalue weighted by Gasteiger charge is -2.26. The topological polar surface area (TPSA) is 134 Å². The third kappa shape index (κ3) is 5.83. The molecule has 10 heteroatoms. The van der Waals surface area contributed by atoms with Crippen LogP contribution in [-0.2, 0) is 16.8 Å².